The quantitative estimate of drug-likeness (QED) is 0.580. The van der Waals surface area contributed by atoms with E-state index in [1.807, 2.05) is 0 Å². The molecular weight excluding hydrogens is 418 g/mol. The summed E-state index contributed by atoms with van der Waals surface area (Å²) in [6, 6.07) is 6.42. The molecule has 0 bridgehead atoms. The number of piperazine rings is 1. The summed E-state index contributed by atoms with van der Waals surface area (Å²) >= 11 is 6.32. The molecule has 0 radical (unpaired) electrons. The smallest absolute Gasteiger partial charge is 0.251 e. The fraction of sp³-hybridized carbons (Fsp3) is 0.318. The maximum Gasteiger partial charge on any atom is 0.251 e. The summed E-state index contributed by atoms with van der Waals surface area (Å²) in [5.41, 5.74) is 2.82. The van der Waals surface area contributed by atoms with E-state index in [-0.39, 0.29) is 22.9 Å². The van der Waals surface area contributed by atoms with Gasteiger partial charge in [0.1, 0.15) is 5.15 Å². The lowest BCUT2D eigenvalue weighted by molar-refractivity contribution is -0.139. The van der Waals surface area contributed by atoms with Crippen LogP contribution in [0.4, 0.5) is 0 Å². The molecule has 1 aliphatic rings. The fourth-order valence-electron chi connectivity index (χ4n) is 3.69. The maximum absolute atomic E-state index is 12.3. The van der Waals surface area contributed by atoms with Gasteiger partial charge in [-0.05, 0) is 42.8 Å². The van der Waals surface area contributed by atoms with Crippen molar-refractivity contribution in [1.29, 1.82) is 0 Å². The van der Waals surface area contributed by atoms with E-state index in [9.17, 15) is 14.4 Å². The molecule has 31 heavy (non-hydrogen) atoms. The zero-order valence-electron chi connectivity index (χ0n) is 17.7. The van der Waals surface area contributed by atoms with Crippen molar-refractivity contribution in [1.82, 2.24) is 25.1 Å². The Bertz CT molecular complexity index is 1060. The van der Waals surface area contributed by atoms with E-state index in [1.165, 1.54) is 13.0 Å². The molecule has 9 heteroatoms. The van der Waals surface area contributed by atoms with Crippen LogP contribution in [0.2, 0.25) is 5.15 Å². The molecule has 3 heterocycles. The van der Waals surface area contributed by atoms with Gasteiger partial charge in [0.05, 0.1) is 17.4 Å². The Morgan fingerprint density at radius 1 is 1.16 bits per heavy atom. The van der Waals surface area contributed by atoms with E-state index in [2.05, 4.69) is 21.9 Å². The number of hydrogen-bond donors (Lipinski definition) is 1. The van der Waals surface area contributed by atoms with Gasteiger partial charge in [0.25, 0.3) is 5.91 Å². The van der Waals surface area contributed by atoms with Gasteiger partial charge in [0.2, 0.25) is 11.8 Å². The third-order valence-corrected chi connectivity index (χ3v) is 5.37. The molecule has 0 saturated carbocycles. The second-order valence-electron chi connectivity index (χ2n) is 7.29. The zero-order chi connectivity index (χ0) is 22.7. The van der Waals surface area contributed by atoms with Crippen molar-refractivity contribution in [2.24, 2.45) is 0 Å². The van der Waals surface area contributed by atoms with Crippen molar-refractivity contribution >= 4 is 29.3 Å². The summed E-state index contributed by atoms with van der Waals surface area (Å²) in [6.07, 6.45) is 1.27. The highest BCUT2D eigenvalue weighted by Crippen LogP contribution is 2.30. The molecular formula is C22H24ClN5O3. The number of nitrogens with zero attached hydrogens (tertiary/aromatic N) is 4. The van der Waals surface area contributed by atoms with Gasteiger partial charge in [0, 0.05) is 44.9 Å². The van der Waals surface area contributed by atoms with Crippen LogP contribution in [0, 0.1) is 6.92 Å². The number of pyridine rings is 2. The van der Waals surface area contributed by atoms with Crippen LogP contribution < -0.4 is 5.32 Å². The number of carbonyl (C=O) groups is 3. The van der Waals surface area contributed by atoms with Crippen LogP contribution in [0.1, 0.15) is 34.6 Å². The van der Waals surface area contributed by atoms with Crippen LogP contribution in [0.15, 0.2) is 36.9 Å². The van der Waals surface area contributed by atoms with Gasteiger partial charge < -0.3 is 15.1 Å². The molecule has 2 aromatic rings. The first-order valence-electron chi connectivity index (χ1n) is 9.80. The minimum Gasteiger partial charge on any atom is -0.355 e. The van der Waals surface area contributed by atoms with Crippen molar-refractivity contribution in [2.45, 2.75) is 19.9 Å². The molecule has 1 aliphatic heterocycles. The van der Waals surface area contributed by atoms with Crippen molar-refractivity contribution in [3.63, 3.8) is 0 Å². The Hall–Kier alpha value is -3.26. The van der Waals surface area contributed by atoms with Gasteiger partial charge in [0.15, 0.2) is 0 Å². The van der Waals surface area contributed by atoms with Crippen LogP contribution in [0.3, 0.4) is 0 Å². The molecule has 3 rings (SSSR count). The number of rotatable bonds is 4. The Morgan fingerprint density at radius 3 is 2.52 bits per heavy atom. The molecule has 1 fully saturated rings. The topological polar surface area (TPSA) is 95.5 Å². The lowest BCUT2D eigenvalue weighted by atomic mass is 10.0. The van der Waals surface area contributed by atoms with Gasteiger partial charge in [-0.3, -0.25) is 19.4 Å². The number of aryl methyl sites for hydroxylation is 1. The number of amides is 3. The van der Waals surface area contributed by atoms with Crippen molar-refractivity contribution < 1.29 is 14.4 Å². The minimum absolute atomic E-state index is 0.0965. The largest absolute Gasteiger partial charge is 0.355 e. The normalized spacial score (nSPS) is 16.1. The Morgan fingerprint density at radius 2 is 1.87 bits per heavy atom. The highest BCUT2D eigenvalue weighted by atomic mass is 35.5. The van der Waals surface area contributed by atoms with Crippen molar-refractivity contribution in [2.75, 3.05) is 26.7 Å². The van der Waals surface area contributed by atoms with Crippen LogP contribution in [-0.4, -0.2) is 64.2 Å². The molecule has 8 nitrogen and oxygen atoms in total. The van der Waals surface area contributed by atoms with Crippen LogP contribution in [-0.2, 0) is 9.59 Å². The Labute approximate surface area is 185 Å². The summed E-state index contributed by atoms with van der Waals surface area (Å²) in [7, 11) is 1.56. The molecule has 1 atom stereocenters. The fourth-order valence-corrected chi connectivity index (χ4v) is 3.91. The summed E-state index contributed by atoms with van der Waals surface area (Å²) in [5, 5.41) is 2.83. The molecule has 0 unspecified atom stereocenters. The van der Waals surface area contributed by atoms with Gasteiger partial charge in [-0.25, -0.2) is 4.98 Å². The summed E-state index contributed by atoms with van der Waals surface area (Å²) < 4.78 is 0. The average Bonchev–Trinajstić information content (AvgIpc) is 2.76. The molecule has 1 N–H and O–H groups in total. The molecule has 3 amide bonds. The lowest BCUT2D eigenvalue weighted by Crippen LogP contribution is -2.51. The standard InChI is InChI=1S/C22H24ClN5O3/c1-5-21(30)27-6-7-28(14(3)29)19(12-27)15-9-18(26-20(23)11-15)17-10-16(22(31)24-4)8-13(2)25-17/h5,8-11,19H,1,6-7,12H2,2-4H3,(H,24,31)/t19-/m0/s1. The predicted octanol–water partition coefficient (Wildman–Crippen LogP) is 2.38. The first kappa shape index (κ1) is 22.4. The van der Waals surface area contributed by atoms with E-state index in [0.29, 0.717) is 42.3 Å². The van der Waals surface area contributed by atoms with Crippen molar-refractivity contribution in [3.05, 3.63) is 58.9 Å². The number of hydrogen-bond acceptors (Lipinski definition) is 5. The van der Waals surface area contributed by atoms with E-state index < -0.39 is 6.04 Å². The minimum atomic E-state index is -0.391. The highest BCUT2D eigenvalue weighted by molar-refractivity contribution is 6.29. The molecule has 2 aromatic heterocycles. The second-order valence-corrected chi connectivity index (χ2v) is 7.67. The zero-order valence-corrected chi connectivity index (χ0v) is 18.4. The number of carbonyl (C=O) groups excluding carboxylic acids is 3. The number of halogens is 1. The molecule has 0 aromatic carbocycles. The summed E-state index contributed by atoms with van der Waals surface area (Å²) in [5.74, 6) is -0.521. The van der Waals surface area contributed by atoms with Crippen LogP contribution in [0.25, 0.3) is 11.4 Å². The third kappa shape index (κ3) is 4.91. The highest BCUT2D eigenvalue weighted by Gasteiger charge is 2.32. The second kappa shape index (κ2) is 9.26. The van der Waals surface area contributed by atoms with E-state index >= 15 is 0 Å². The molecule has 162 valence electrons. The summed E-state index contributed by atoms with van der Waals surface area (Å²) in [6.45, 7) is 7.99. The van der Waals surface area contributed by atoms with Gasteiger partial charge in [-0.15, -0.1) is 0 Å². The first-order valence-corrected chi connectivity index (χ1v) is 10.2. The van der Waals surface area contributed by atoms with Gasteiger partial charge >= 0.3 is 0 Å². The van der Waals surface area contributed by atoms with Crippen molar-refractivity contribution in [3.8, 4) is 11.4 Å². The molecule has 0 aliphatic carbocycles. The Kier molecular flexibility index (Phi) is 6.70. The SMILES string of the molecule is C=CC(=O)N1CCN(C(C)=O)[C@H](c2cc(Cl)nc(-c3cc(C(=O)NC)cc(C)n3)c2)C1. The van der Waals surface area contributed by atoms with Gasteiger partial charge in [-0.2, -0.15) is 0 Å². The first-order chi connectivity index (χ1) is 14.7. The third-order valence-electron chi connectivity index (χ3n) is 5.18. The monoisotopic (exact) mass is 441 g/mol. The Balaban J connectivity index is 2.06. The van der Waals surface area contributed by atoms with Crippen LogP contribution >= 0.6 is 11.6 Å². The predicted molar refractivity (Wildman–Crippen MR) is 118 cm³/mol. The van der Waals surface area contributed by atoms with Crippen LogP contribution in [0.5, 0.6) is 0 Å². The maximum atomic E-state index is 12.3. The average molecular weight is 442 g/mol. The van der Waals surface area contributed by atoms with E-state index in [4.69, 9.17) is 11.6 Å². The van der Waals surface area contributed by atoms with E-state index in [0.717, 1.165) is 5.56 Å². The summed E-state index contributed by atoms with van der Waals surface area (Å²) in [4.78, 5) is 48.8. The number of nitrogens with one attached hydrogen (secondary N) is 1. The molecule has 0 spiro atoms. The number of aromatic nitrogens is 2. The van der Waals surface area contributed by atoms with E-state index in [1.54, 1.807) is 48.0 Å². The molecule has 1 saturated heterocycles. The van der Waals surface area contributed by atoms with Gasteiger partial charge in [-0.1, -0.05) is 18.2 Å². The lowest BCUT2D eigenvalue weighted by Gasteiger charge is -2.41.